The molecule has 3 unspecified atom stereocenters. The van der Waals surface area contributed by atoms with E-state index in [1.807, 2.05) is 6.92 Å². The highest BCUT2D eigenvalue weighted by Crippen LogP contribution is 2.49. The van der Waals surface area contributed by atoms with Gasteiger partial charge in [0.05, 0.1) is 12.0 Å². The SMILES string of the molecule is CCC(=O)OSC1CC(C)CCC1(C)C(C)C. The fraction of sp³-hybridized carbons (Fsp3) is 0.929. The van der Waals surface area contributed by atoms with E-state index in [1.165, 1.54) is 24.9 Å². The molecule has 3 heteroatoms. The van der Waals surface area contributed by atoms with E-state index in [-0.39, 0.29) is 5.97 Å². The maximum atomic E-state index is 11.3. The summed E-state index contributed by atoms with van der Waals surface area (Å²) in [5.74, 6) is 1.28. The van der Waals surface area contributed by atoms with Crippen LogP contribution in [0.2, 0.25) is 0 Å². The number of hydrogen-bond acceptors (Lipinski definition) is 3. The normalized spacial score (nSPS) is 33.8. The van der Waals surface area contributed by atoms with Gasteiger partial charge in [-0.25, -0.2) is 0 Å². The van der Waals surface area contributed by atoms with Gasteiger partial charge in [-0.2, -0.15) is 0 Å². The monoisotopic (exact) mass is 258 g/mol. The van der Waals surface area contributed by atoms with Gasteiger partial charge in [0.1, 0.15) is 0 Å². The first-order chi connectivity index (χ1) is 7.90. The summed E-state index contributed by atoms with van der Waals surface area (Å²) in [5, 5.41) is 0.446. The third-order valence-electron chi connectivity index (χ3n) is 4.39. The van der Waals surface area contributed by atoms with Crippen molar-refractivity contribution < 1.29 is 8.98 Å². The fourth-order valence-electron chi connectivity index (χ4n) is 2.45. The molecule has 1 fully saturated rings. The second-order valence-electron chi connectivity index (χ2n) is 5.93. The van der Waals surface area contributed by atoms with Gasteiger partial charge in [0.2, 0.25) is 0 Å². The molecule has 0 amide bonds. The lowest BCUT2D eigenvalue weighted by molar-refractivity contribution is -0.132. The van der Waals surface area contributed by atoms with Gasteiger partial charge in [-0.1, -0.05) is 41.0 Å². The van der Waals surface area contributed by atoms with Crippen molar-refractivity contribution in [2.75, 3.05) is 0 Å². The zero-order valence-electron chi connectivity index (χ0n) is 11.8. The van der Waals surface area contributed by atoms with Crippen LogP contribution < -0.4 is 0 Å². The van der Waals surface area contributed by atoms with E-state index in [2.05, 4.69) is 27.7 Å². The molecule has 17 heavy (non-hydrogen) atoms. The lowest BCUT2D eigenvalue weighted by Crippen LogP contribution is -2.40. The largest absolute Gasteiger partial charge is 0.391 e. The second kappa shape index (κ2) is 6.12. The Morgan fingerprint density at radius 2 is 2.18 bits per heavy atom. The average molecular weight is 258 g/mol. The van der Waals surface area contributed by atoms with Gasteiger partial charge in [0.15, 0.2) is 0 Å². The molecule has 0 spiro atoms. The Morgan fingerprint density at radius 1 is 1.53 bits per heavy atom. The summed E-state index contributed by atoms with van der Waals surface area (Å²) in [6.45, 7) is 11.1. The van der Waals surface area contributed by atoms with E-state index in [0.29, 0.717) is 23.0 Å². The van der Waals surface area contributed by atoms with Crippen LogP contribution in [0.25, 0.3) is 0 Å². The predicted octanol–water partition coefficient (Wildman–Crippen LogP) is 4.44. The highest BCUT2D eigenvalue weighted by atomic mass is 32.2. The van der Waals surface area contributed by atoms with Crippen molar-refractivity contribution in [3.63, 3.8) is 0 Å². The molecule has 2 nitrogen and oxygen atoms in total. The highest BCUT2D eigenvalue weighted by molar-refractivity contribution is 7.95. The molecule has 1 aliphatic rings. The Kier molecular flexibility index (Phi) is 5.36. The van der Waals surface area contributed by atoms with Crippen LogP contribution in [0.5, 0.6) is 0 Å². The number of rotatable bonds is 4. The maximum Gasteiger partial charge on any atom is 0.317 e. The van der Waals surface area contributed by atoms with Crippen molar-refractivity contribution in [3.05, 3.63) is 0 Å². The summed E-state index contributed by atoms with van der Waals surface area (Å²) in [4.78, 5) is 11.3. The van der Waals surface area contributed by atoms with E-state index in [4.69, 9.17) is 4.18 Å². The van der Waals surface area contributed by atoms with Crippen molar-refractivity contribution in [2.45, 2.75) is 65.6 Å². The molecule has 0 aromatic carbocycles. The van der Waals surface area contributed by atoms with E-state index in [9.17, 15) is 4.79 Å². The van der Waals surface area contributed by atoms with Gasteiger partial charge in [0, 0.05) is 11.7 Å². The standard InChI is InChI=1S/C14H26O2S/c1-6-13(15)16-17-12-9-11(4)7-8-14(12,5)10(2)3/h10-12H,6-9H2,1-5H3. The average Bonchev–Trinajstić information content (AvgIpc) is 2.29. The quantitative estimate of drug-likeness (QED) is 0.697. The summed E-state index contributed by atoms with van der Waals surface area (Å²) in [6, 6.07) is 0. The van der Waals surface area contributed by atoms with Gasteiger partial charge < -0.3 is 4.18 Å². The Hall–Kier alpha value is -0.180. The smallest absolute Gasteiger partial charge is 0.317 e. The molecular formula is C14H26O2S. The van der Waals surface area contributed by atoms with Crippen LogP contribution in [0.15, 0.2) is 0 Å². The van der Waals surface area contributed by atoms with Gasteiger partial charge in [-0.15, -0.1) is 0 Å². The molecule has 3 atom stereocenters. The first-order valence-electron chi connectivity index (χ1n) is 6.76. The van der Waals surface area contributed by atoms with E-state index in [0.717, 1.165) is 12.3 Å². The predicted molar refractivity (Wildman–Crippen MR) is 73.7 cm³/mol. The van der Waals surface area contributed by atoms with Gasteiger partial charge in [-0.3, -0.25) is 4.79 Å². The molecular weight excluding hydrogens is 232 g/mol. The molecule has 0 saturated heterocycles. The first kappa shape index (κ1) is 14.9. The molecule has 0 heterocycles. The fourth-order valence-corrected chi connectivity index (χ4v) is 3.81. The summed E-state index contributed by atoms with van der Waals surface area (Å²) in [7, 11) is 0. The first-order valence-corrected chi connectivity index (χ1v) is 7.56. The van der Waals surface area contributed by atoms with Crippen LogP contribution in [0, 0.1) is 17.3 Å². The van der Waals surface area contributed by atoms with Crippen LogP contribution in [-0.4, -0.2) is 11.2 Å². The van der Waals surface area contributed by atoms with Crippen molar-refractivity contribution >= 4 is 18.0 Å². The summed E-state index contributed by atoms with van der Waals surface area (Å²) in [6.07, 6.45) is 4.17. The Balaban J connectivity index is 2.65. The zero-order chi connectivity index (χ0) is 13.1. The number of hydrogen-bond donors (Lipinski definition) is 0. The van der Waals surface area contributed by atoms with E-state index < -0.39 is 0 Å². The number of carbonyl (C=O) groups excluding carboxylic acids is 1. The van der Waals surface area contributed by atoms with E-state index >= 15 is 0 Å². The molecule has 1 aliphatic carbocycles. The lowest BCUT2D eigenvalue weighted by Gasteiger charge is -2.45. The summed E-state index contributed by atoms with van der Waals surface area (Å²) >= 11 is 1.42. The zero-order valence-corrected chi connectivity index (χ0v) is 12.6. The Bertz CT molecular complexity index is 265. The van der Waals surface area contributed by atoms with Crippen LogP contribution in [0.4, 0.5) is 0 Å². The molecule has 0 aromatic heterocycles. The van der Waals surface area contributed by atoms with Crippen LogP contribution in [0.3, 0.4) is 0 Å². The number of carbonyl (C=O) groups is 1. The summed E-state index contributed by atoms with van der Waals surface area (Å²) < 4.78 is 5.30. The van der Waals surface area contributed by atoms with Crippen LogP contribution in [-0.2, 0) is 8.98 Å². The molecule has 0 N–H and O–H groups in total. The molecule has 0 bridgehead atoms. The minimum atomic E-state index is -0.0978. The van der Waals surface area contributed by atoms with Crippen LogP contribution in [0.1, 0.15) is 60.3 Å². The lowest BCUT2D eigenvalue weighted by atomic mass is 9.66. The Labute approximate surface area is 110 Å². The minimum Gasteiger partial charge on any atom is -0.391 e. The third kappa shape index (κ3) is 3.64. The second-order valence-corrected chi connectivity index (χ2v) is 6.86. The van der Waals surface area contributed by atoms with Crippen LogP contribution >= 0.6 is 12.0 Å². The summed E-state index contributed by atoms with van der Waals surface area (Å²) in [5.41, 5.74) is 0.297. The van der Waals surface area contributed by atoms with Crippen molar-refractivity contribution in [3.8, 4) is 0 Å². The molecule has 0 aliphatic heterocycles. The van der Waals surface area contributed by atoms with E-state index in [1.54, 1.807) is 0 Å². The van der Waals surface area contributed by atoms with Crippen molar-refractivity contribution in [1.82, 2.24) is 0 Å². The molecule has 0 aromatic rings. The van der Waals surface area contributed by atoms with Crippen molar-refractivity contribution in [2.24, 2.45) is 17.3 Å². The molecule has 0 radical (unpaired) electrons. The molecule has 1 rings (SSSR count). The molecule has 100 valence electrons. The van der Waals surface area contributed by atoms with Crippen molar-refractivity contribution in [1.29, 1.82) is 0 Å². The Morgan fingerprint density at radius 3 is 2.71 bits per heavy atom. The van der Waals surface area contributed by atoms with Gasteiger partial charge in [-0.05, 0) is 30.1 Å². The topological polar surface area (TPSA) is 26.3 Å². The maximum absolute atomic E-state index is 11.3. The van der Waals surface area contributed by atoms with Gasteiger partial charge in [0.25, 0.3) is 0 Å². The molecule has 1 saturated carbocycles. The van der Waals surface area contributed by atoms with Gasteiger partial charge >= 0.3 is 5.97 Å². The third-order valence-corrected chi connectivity index (χ3v) is 5.64. The minimum absolute atomic E-state index is 0.0978. The highest BCUT2D eigenvalue weighted by Gasteiger charge is 2.42.